The highest BCUT2D eigenvalue weighted by Crippen LogP contribution is 2.45. The number of hydrogen-bond donors (Lipinski definition) is 1. The number of piperidine rings is 1. The maximum absolute atomic E-state index is 4.11. The van der Waals surface area contributed by atoms with Gasteiger partial charge in [-0.1, -0.05) is 31.2 Å². The average Bonchev–Trinajstić information content (AvgIpc) is 2.24. The van der Waals surface area contributed by atoms with E-state index in [1.807, 2.05) is 0 Å². The Bertz CT molecular complexity index is 324. The zero-order valence-electron chi connectivity index (χ0n) is 8.50. The summed E-state index contributed by atoms with van der Waals surface area (Å²) in [6.45, 7) is 5.26. The van der Waals surface area contributed by atoms with Gasteiger partial charge in [-0.25, -0.2) is 0 Å². The summed E-state index contributed by atoms with van der Waals surface area (Å²) in [5.74, 6) is 2.44. The summed E-state index contributed by atoms with van der Waals surface area (Å²) in [7, 11) is 0. The molecule has 3 unspecified atom stereocenters. The Hall–Kier alpha value is -0.980. The van der Waals surface area contributed by atoms with Crippen molar-refractivity contribution in [2.75, 3.05) is 6.54 Å². The normalized spacial score (nSPS) is 39.9. The molecule has 1 heterocycles. The highest BCUT2D eigenvalue weighted by atomic mass is 14.9. The molecule has 74 valence electrons. The maximum Gasteiger partial charge on any atom is 0.0302 e. The first-order valence-electron chi connectivity index (χ1n) is 5.68. The lowest BCUT2D eigenvalue weighted by Gasteiger charge is -2.44. The third-order valence-electron chi connectivity index (χ3n) is 4.00. The van der Waals surface area contributed by atoms with Gasteiger partial charge in [-0.3, -0.25) is 0 Å². The van der Waals surface area contributed by atoms with Crippen LogP contribution in [0.1, 0.15) is 19.3 Å². The van der Waals surface area contributed by atoms with Gasteiger partial charge in [0, 0.05) is 12.2 Å². The van der Waals surface area contributed by atoms with Crippen molar-refractivity contribution in [2.24, 2.45) is 17.8 Å². The van der Waals surface area contributed by atoms with E-state index in [1.165, 1.54) is 30.5 Å². The summed E-state index contributed by atoms with van der Waals surface area (Å²) >= 11 is 0. The van der Waals surface area contributed by atoms with E-state index in [4.69, 9.17) is 0 Å². The van der Waals surface area contributed by atoms with Crippen LogP contribution in [0.3, 0.4) is 0 Å². The molecule has 1 N–H and O–H groups in total. The standard InChI is InChI=1S/C13H17N/c1-9-12-7-3-5-10-4-2-6-11(8-14-9)13(10)12/h3,5,7,10-11,13-14H,1-2,4,6,8H2. The average molecular weight is 187 g/mol. The van der Waals surface area contributed by atoms with E-state index in [0.29, 0.717) is 0 Å². The van der Waals surface area contributed by atoms with Crippen LogP contribution in [0.2, 0.25) is 0 Å². The monoisotopic (exact) mass is 187 g/mol. The topological polar surface area (TPSA) is 12.0 Å². The quantitative estimate of drug-likeness (QED) is 0.614. The Balaban J connectivity index is 2.00. The van der Waals surface area contributed by atoms with E-state index in [9.17, 15) is 0 Å². The highest BCUT2D eigenvalue weighted by Gasteiger charge is 2.38. The Labute approximate surface area is 85.6 Å². The molecule has 3 aliphatic rings. The van der Waals surface area contributed by atoms with Crippen LogP contribution in [0, 0.1) is 17.8 Å². The number of hydrogen-bond acceptors (Lipinski definition) is 1. The van der Waals surface area contributed by atoms with Gasteiger partial charge in [-0.15, -0.1) is 0 Å². The molecule has 0 amide bonds. The van der Waals surface area contributed by atoms with E-state index in [1.54, 1.807) is 0 Å². The summed E-state index contributed by atoms with van der Waals surface area (Å²) in [6, 6.07) is 0. The molecule has 14 heavy (non-hydrogen) atoms. The van der Waals surface area contributed by atoms with Crippen molar-refractivity contribution in [3.05, 3.63) is 36.1 Å². The molecule has 1 saturated heterocycles. The Morgan fingerprint density at radius 3 is 3.21 bits per heavy atom. The fraction of sp³-hybridized carbons (Fsp3) is 0.538. The van der Waals surface area contributed by atoms with Crippen LogP contribution in [-0.4, -0.2) is 6.54 Å². The van der Waals surface area contributed by atoms with Crippen LogP contribution in [0.5, 0.6) is 0 Å². The fourth-order valence-corrected chi connectivity index (χ4v) is 3.33. The first kappa shape index (κ1) is 8.34. The predicted molar refractivity (Wildman–Crippen MR) is 58.7 cm³/mol. The van der Waals surface area contributed by atoms with Crippen molar-refractivity contribution < 1.29 is 0 Å². The Morgan fingerprint density at radius 1 is 1.36 bits per heavy atom. The molecule has 0 radical (unpaired) electrons. The van der Waals surface area contributed by atoms with Gasteiger partial charge in [0.25, 0.3) is 0 Å². The lowest BCUT2D eigenvalue weighted by Crippen LogP contribution is -2.42. The third kappa shape index (κ3) is 1.08. The molecule has 0 aromatic heterocycles. The molecule has 1 nitrogen and oxygen atoms in total. The van der Waals surface area contributed by atoms with E-state index in [0.717, 1.165) is 24.3 Å². The summed E-state index contributed by atoms with van der Waals surface area (Å²) in [5.41, 5.74) is 2.65. The number of rotatable bonds is 0. The van der Waals surface area contributed by atoms with Crippen LogP contribution in [0.15, 0.2) is 36.1 Å². The molecule has 2 aliphatic carbocycles. The molecule has 2 fully saturated rings. The van der Waals surface area contributed by atoms with Gasteiger partial charge in [-0.2, -0.15) is 0 Å². The minimum atomic E-state index is 0.780. The van der Waals surface area contributed by atoms with Gasteiger partial charge in [0.05, 0.1) is 0 Å². The molecule has 0 aromatic rings. The molecule has 1 saturated carbocycles. The second-order valence-corrected chi connectivity index (χ2v) is 4.75. The maximum atomic E-state index is 4.11. The summed E-state index contributed by atoms with van der Waals surface area (Å²) in [5, 5.41) is 3.44. The van der Waals surface area contributed by atoms with Crippen molar-refractivity contribution >= 4 is 0 Å². The first-order valence-corrected chi connectivity index (χ1v) is 5.68. The second kappa shape index (κ2) is 3.01. The van der Waals surface area contributed by atoms with Crippen LogP contribution in [0.4, 0.5) is 0 Å². The van der Waals surface area contributed by atoms with Gasteiger partial charge in [0.1, 0.15) is 0 Å². The SMILES string of the molecule is C=C1NCC2CCCC3C=CC=C1C32. The number of allylic oxidation sites excluding steroid dienone is 4. The highest BCUT2D eigenvalue weighted by molar-refractivity contribution is 5.39. The first-order chi connectivity index (χ1) is 6.86. The molecule has 3 rings (SSSR count). The van der Waals surface area contributed by atoms with E-state index in [-0.39, 0.29) is 0 Å². The van der Waals surface area contributed by atoms with E-state index in [2.05, 4.69) is 30.1 Å². The molecular formula is C13H17N. The molecule has 0 spiro atoms. The van der Waals surface area contributed by atoms with Crippen molar-refractivity contribution in [2.45, 2.75) is 19.3 Å². The van der Waals surface area contributed by atoms with E-state index >= 15 is 0 Å². The smallest absolute Gasteiger partial charge is 0.0302 e. The second-order valence-electron chi connectivity index (χ2n) is 4.75. The number of nitrogens with one attached hydrogen (secondary N) is 1. The van der Waals surface area contributed by atoms with Crippen LogP contribution < -0.4 is 5.32 Å². The Morgan fingerprint density at radius 2 is 2.29 bits per heavy atom. The summed E-state index contributed by atoms with van der Waals surface area (Å²) in [4.78, 5) is 0. The van der Waals surface area contributed by atoms with Gasteiger partial charge < -0.3 is 5.32 Å². The fourth-order valence-electron chi connectivity index (χ4n) is 3.33. The van der Waals surface area contributed by atoms with Gasteiger partial charge in [0.15, 0.2) is 0 Å². The molecule has 0 bridgehead atoms. The lowest BCUT2D eigenvalue weighted by molar-refractivity contribution is 0.199. The minimum absolute atomic E-state index is 0.780. The van der Waals surface area contributed by atoms with E-state index < -0.39 is 0 Å². The minimum Gasteiger partial charge on any atom is -0.385 e. The van der Waals surface area contributed by atoms with Crippen molar-refractivity contribution in [1.82, 2.24) is 5.32 Å². The molecule has 1 heteroatoms. The molecular weight excluding hydrogens is 170 g/mol. The van der Waals surface area contributed by atoms with Crippen LogP contribution in [-0.2, 0) is 0 Å². The zero-order valence-corrected chi connectivity index (χ0v) is 8.50. The van der Waals surface area contributed by atoms with Gasteiger partial charge in [-0.05, 0) is 36.2 Å². The van der Waals surface area contributed by atoms with Crippen molar-refractivity contribution in [3.8, 4) is 0 Å². The van der Waals surface area contributed by atoms with Crippen LogP contribution in [0.25, 0.3) is 0 Å². The van der Waals surface area contributed by atoms with Crippen molar-refractivity contribution in [1.29, 1.82) is 0 Å². The lowest BCUT2D eigenvalue weighted by atomic mass is 9.64. The summed E-state index contributed by atoms with van der Waals surface area (Å²) < 4.78 is 0. The zero-order chi connectivity index (χ0) is 9.54. The van der Waals surface area contributed by atoms with Crippen LogP contribution >= 0.6 is 0 Å². The predicted octanol–water partition coefficient (Wildman–Crippen LogP) is 2.63. The molecule has 0 aromatic carbocycles. The van der Waals surface area contributed by atoms with Gasteiger partial charge in [0.2, 0.25) is 0 Å². The molecule has 1 aliphatic heterocycles. The van der Waals surface area contributed by atoms with Crippen molar-refractivity contribution in [3.63, 3.8) is 0 Å². The molecule has 3 atom stereocenters. The Kier molecular flexibility index (Phi) is 1.79. The van der Waals surface area contributed by atoms with Gasteiger partial charge >= 0.3 is 0 Å². The third-order valence-corrected chi connectivity index (χ3v) is 4.00. The largest absolute Gasteiger partial charge is 0.385 e. The summed E-state index contributed by atoms with van der Waals surface area (Å²) in [6.07, 6.45) is 11.1.